The van der Waals surface area contributed by atoms with Crippen molar-refractivity contribution in [3.63, 3.8) is 0 Å². The van der Waals surface area contributed by atoms with Crippen LogP contribution in [0.2, 0.25) is 0 Å². The van der Waals surface area contributed by atoms with E-state index in [4.69, 9.17) is 0 Å². The highest BCUT2D eigenvalue weighted by Gasteiger charge is 2.31. The standard InChI is InChI=1S/C25H28N2O2S/c1-17(2)23(22-13-7-15-30-22)26-24(28)19-10-6-14-27(16-19)25(29)21-12-5-9-18-8-3-4-11-20(18)21/h3-5,7-9,11-13,15,17,19,23H,6,10,14,16H2,1-2H3,(H,26,28)/t19-,23+/m1/s1. The summed E-state index contributed by atoms with van der Waals surface area (Å²) in [5, 5.41) is 7.32. The molecule has 0 bridgehead atoms. The van der Waals surface area contributed by atoms with Crippen LogP contribution in [-0.4, -0.2) is 29.8 Å². The lowest BCUT2D eigenvalue weighted by Crippen LogP contribution is -2.46. The van der Waals surface area contributed by atoms with Crippen LogP contribution in [0.1, 0.15) is 48.0 Å². The number of thiophene rings is 1. The third-order valence-corrected chi connectivity index (χ3v) is 6.87. The molecule has 156 valence electrons. The lowest BCUT2D eigenvalue weighted by molar-refractivity contribution is -0.127. The molecular weight excluding hydrogens is 392 g/mol. The molecule has 1 saturated heterocycles. The van der Waals surface area contributed by atoms with Crippen LogP contribution in [0.5, 0.6) is 0 Å². The SMILES string of the molecule is CC(C)[C@H](NC(=O)[C@@H]1CCCN(C(=O)c2cccc3ccccc23)C1)c1cccs1. The highest BCUT2D eigenvalue weighted by Crippen LogP contribution is 2.28. The molecule has 1 N–H and O–H groups in total. The first-order valence-corrected chi connectivity index (χ1v) is 11.5. The van der Waals surface area contributed by atoms with E-state index in [1.807, 2.05) is 58.8 Å². The van der Waals surface area contributed by atoms with Gasteiger partial charge in [-0.05, 0) is 47.0 Å². The van der Waals surface area contributed by atoms with Gasteiger partial charge in [-0.15, -0.1) is 11.3 Å². The highest BCUT2D eigenvalue weighted by molar-refractivity contribution is 7.10. The van der Waals surface area contributed by atoms with Gasteiger partial charge in [-0.25, -0.2) is 0 Å². The van der Waals surface area contributed by atoms with Gasteiger partial charge in [-0.1, -0.05) is 56.3 Å². The van der Waals surface area contributed by atoms with Crippen molar-refractivity contribution in [3.8, 4) is 0 Å². The van der Waals surface area contributed by atoms with Crippen molar-refractivity contribution in [3.05, 3.63) is 70.4 Å². The van der Waals surface area contributed by atoms with E-state index in [0.717, 1.165) is 23.6 Å². The average Bonchev–Trinajstić information content (AvgIpc) is 3.30. The lowest BCUT2D eigenvalue weighted by Gasteiger charge is -2.33. The maximum absolute atomic E-state index is 13.3. The molecule has 2 heterocycles. The Hall–Kier alpha value is -2.66. The number of nitrogens with one attached hydrogen (secondary N) is 1. The van der Waals surface area contributed by atoms with E-state index in [1.54, 1.807) is 11.3 Å². The lowest BCUT2D eigenvalue weighted by atomic mass is 9.94. The normalized spacial score (nSPS) is 17.8. The van der Waals surface area contributed by atoms with Crippen LogP contribution in [0.3, 0.4) is 0 Å². The zero-order valence-electron chi connectivity index (χ0n) is 17.5. The Morgan fingerprint density at radius 2 is 1.87 bits per heavy atom. The van der Waals surface area contributed by atoms with Gasteiger partial charge in [0.15, 0.2) is 0 Å². The molecule has 0 saturated carbocycles. The summed E-state index contributed by atoms with van der Waals surface area (Å²) < 4.78 is 0. The average molecular weight is 421 g/mol. The fourth-order valence-electron chi connectivity index (χ4n) is 4.26. The van der Waals surface area contributed by atoms with Gasteiger partial charge in [-0.3, -0.25) is 9.59 Å². The second-order valence-corrected chi connectivity index (χ2v) is 9.34. The minimum Gasteiger partial charge on any atom is -0.348 e. The third-order valence-electron chi connectivity index (χ3n) is 5.91. The van der Waals surface area contributed by atoms with Crippen LogP contribution < -0.4 is 5.32 Å². The molecule has 3 aromatic rings. The Balaban J connectivity index is 1.48. The van der Waals surface area contributed by atoms with Crippen LogP contribution in [0.25, 0.3) is 10.8 Å². The molecule has 1 aromatic heterocycles. The smallest absolute Gasteiger partial charge is 0.254 e. The maximum Gasteiger partial charge on any atom is 0.254 e. The van der Waals surface area contributed by atoms with E-state index >= 15 is 0 Å². The molecule has 1 fully saturated rings. The molecule has 1 aliphatic rings. The zero-order valence-corrected chi connectivity index (χ0v) is 18.3. The molecule has 4 rings (SSSR count). The molecule has 4 nitrogen and oxygen atoms in total. The van der Waals surface area contributed by atoms with Gasteiger partial charge < -0.3 is 10.2 Å². The molecule has 2 atom stereocenters. The first kappa shape index (κ1) is 20.6. The van der Waals surface area contributed by atoms with Crippen LogP contribution in [0.15, 0.2) is 60.0 Å². The molecule has 5 heteroatoms. The van der Waals surface area contributed by atoms with Gasteiger partial charge in [-0.2, -0.15) is 0 Å². The number of benzene rings is 2. The number of rotatable bonds is 5. The van der Waals surface area contributed by atoms with Gasteiger partial charge in [0.1, 0.15) is 0 Å². The van der Waals surface area contributed by atoms with Gasteiger partial charge in [0.25, 0.3) is 5.91 Å². The number of piperidine rings is 1. The van der Waals surface area contributed by atoms with Gasteiger partial charge in [0.2, 0.25) is 5.91 Å². The van der Waals surface area contributed by atoms with E-state index in [9.17, 15) is 9.59 Å². The molecule has 30 heavy (non-hydrogen) atoms. The quantitative estimate of drug-likeness (QED) is 0.611. The van der Waals surface area contributed by atoms with Crippen LogP contribution in [0, 0.1) is 11.8 Å². The monoisotopic (exact) mass is 420 g/mol. The maximum atomic E-state index is 13.3. The Labute approximate surface area is 181 Å². The Bertz CT molecular complexity index is 1020. The van der Waals surface area contributed by atoms with Crippen molar-refractivity contribution >= 4 is 33.9 Å². The Morgan fingerprint density at radius 3 is 2.63 bits per heavy atom. The van der Waals surface area contributed by atoms with Crippen LogP contribution in [-0.2, 0) is 4.79 Å². The number of amides is 2. The van der Waals surface area contributed by atoms with Crippen molar-refractivity contribution in [1.29, 1.82) is 0 Å². The molecule has 2 amide bonds. The second-order valence-electron chi connectivity index (χ2n) is 8.36. The predicted molar refractivity (Wildman–Crippen MR) is 123 cm³/mol. The van der Waals surface area contributed by atoms with Crippen molar-refractivity contribution in [2.45, 2.75) is 32.7 Å². The molecule has 1 aliphatic heterocycles. The third kappa shape index (κ3) is 4.26. The highest BCUT2D eigenvalue weighted by atomic mass is 32.1. The topological polar surface area (TPSA) is 49.4 Å². The minimum absolute atomic E-state index is 0.0154. The van der Waals surface area contributed by atoms with E-state index in [0.29, 0.717) is 24.6 Å². The minimum atomic E-state index is -0.168. The largest absolute Gasteiger partial charge is 0.348 e. The summed E-state index contributed by atoms with van der Waals surface area (Å²) in [6.45, 7) is 5.43. The van der Waals surface area contributed by atoms with Crippen molar-refractivity contribution in [2.24, 2.45) is 11.8 Å². The summed E-state index contributed by atoms with van der Waals surface area (Å²) in [5.41, 5.74) is 0.716. The van der Waals surface area contributed by atoms with Crippen molar-refractivity contribution in [2.75, 3.05) is 13.1 Å². The van der Waals surface area contributed by atoms with E-state index < -0.39 is 0 Å². The van der Waals surface area contributed by atoms with Gasteiger partial charge in [0.05, 0.1) is 12.0 Å². The summed E-state index contributed by atoms with van der Waals surface area (Å²) in [6, 6.07) is 17.9. The Morgan fingerprint density at radius 1 is 1.07 bits per heavy atom. The summed E-state index contributed by atoms with van der Waals surface area (Å²) in [4.78, 5) is 29.4. The first-order chi connectivity index (χ1) is 14.5. The van der Waals surface area contributed by atoms with E-state index in [1.165, 1.54) is 4.88 Å². The van der Waals surface area contributed by atoms with Crippen molar-refractivity contribution in [1.82, 2.24) is 10.2 Å². The first-order valence-electron chi connectivity index (χ1n) is 10.7. The molecule has 0 spiro atoms. The van der Waals surface area contributed by atoms with Gasteiger partial charge >= 0.3 is 0 Å². The number of hydrogen-bond acceptors (Lipinski definition) is 3. The van der Waals surface area contributed by atoms with Gasteiger partial charge in [0, 0.05) is 23.5 Å². The number of carbonyl (C=O) groups is 2. The number of likely N-dealkylation sites (tertiary alicyclic amines) is 1. The summed E-state index contributed by atoms with van der Waals surface area (Å²) in [6.07, 6.45) is 1.67. The fourth-order valence-corrected chi connectivity index (χ4v) is 5.21. The summed E-state index contributed by atoms with van der Waals surface area (Å²) in [7, 11) is 0. The number of fused-ring (bicyclic) bond motifs is 1. The molecule has 0 unspecified atom stereocenters. The number of hydrogen-bond donors (Lipinski definition) is 1. The molecule has 0 radical (unpaired) electrons. The Kier molecular flexibility index (Phi) is 6.18. The molecule has 2 aromatic carbocycles. The molecular formula is C25H28N2O2S. The summed E-state index contributed by atoms with van der Waals surface area (Å²) >= 11 is 1.67. The number of carbonyl (C=O) groups excluding carboxylic acids is 2. The predicted octanol–water partition coefficient (Wildman–Crippen LogP) is 5.27. The van der Waals surface area contributed by atoms with Crippen LogP contribution >= 0.6 is 11.3 Å². The zero-order chi connectivity index (χ0) is 21.1. The van der Waals surface area contributed by atoms with E-state index in [-0.39, 0.29) is 23.8 Å². The summed E-state index contributed by atoms with van der Waals surface area (Å²) in [5.74, 6) is 0.212. The fraction of sp³-hybridized carbons (Fsp3) is 0.360. The number of nitrogens with zero attached hydrogens (tertiary/aromatic N) is 1. The van der Waals surface area contributed by atoms with E-state index in [2.05, 4.69) is 25.2 Å². The molecule has 0 aliphatic carbocycles. The van der Waals surface area contributed by atoms with Crippen LogP contribution in [0.4, 0.5) is 0 Å². The van der Waals surface area contributed by atoms with Crippen molar-refractivity contribution < 1.29 is 9.59 Å². The second kappa shape index (κ2) is 9.00.